The summed E-state index contributed by atoms with van der Waals surface area (Å²) in [4.78, 5) is 15.0. The van der Waals surface area contributed by atoms with Gasteiger partial charge < -0.3 is 0 Å². The average molecular weight is 224 g/mol. The highest BCUT2D eigenvalue weighted by Gasteiger charge is 1.94. The summed E-state index contributed by atoms with van der Waals surface area (Å²) in [6.45, 7) is 1.95. The number of rotatable bonds is 4. The van der Waals surface area contributed by atoms with E-state index in [0.29, 0.717) is 5.69 Å². The number of amides is 2. The molecule has 0 aliphatic heterocycles. The number of nitrogens with zero attached hydrogens (tertiary/aromatic N) is 2. The van der Waals surface area contributed by atoms with Crippen LogP contribution in [0.4, 0.5) is 4.79 Å². The number of hydrazone groups is 1. The fourth-order valence-corrected chi connectivity index (χ4v) is 1.09. The molecule has 1 rings (SSSR count). The second-order valence-electron chi connectivity index (χ2n) is 2.49. The molecule has 0 bridgehead atoms. The fraction of sp³-hybridized carbons (Fsp3) is 0.222. The van der Waals surface area contributed by atoms with E-state index in [4.69, 9.17) is 0 Å². The first-order valence-electron chi connectivity index (χ1n) is 4.44. The normalized spacial score (nSPS) is 10.2. The van der Waals surface area contributed by atoms with Gasteiger partial charge in [-0.2, -0.15) is 5.10 Å². The van der Waals surface area contributed by atoms with E-state index in [-0.39, 0.29) is 6.03 Å². The van der Waals surface area contributed by atoms with Gasteiger partial charge in [0.1, 0.15) is 0 Å². The van der Waals surface area contributed by atoms with E-state index in [9.17, 15) is 4.79 Å². The second-order valence-corrected chi connectivity index (χ2v) is 3.56. The Morgan fingerprint density at radius 3 is 3.20 bits per heavy atom. The Bertz CT molecular complexity index is 328. The van der Waals surface area contributed by atoms with E-state index in [1.165, 1.54) is 18.2 Å². The zero-order chi connectivity index (χ0) is 10.9. The van der Waals surface area contributed by atoms with Gasteiger partial charge in [-0.15, -0.1) is 0 Å². The third-order valence-electron chi connectivity index (χ3n) is 1.36. The standard InChI is InChI=1S/C9H12N4OS/c1-2-15-13-9(14)12-11-7-8-5-3-4-6-10-8/h3-7H,2H2,1H3,(H2,12,13,14)/b11-7+. The number of pyridine rings is 1. The summed E-state index contributed by atoms with van der Waals surface area (Å²) in [5, 5.41) is 3.73. The van der Waals surface area contributed by atoms with E-state index >= 15 is 0 Å². The molecule has 80 valence electrons. The lowest BCUT2D eigenvalue weighted by Crippen LogP contribution is -2.27. The maximum atomic E-state index is 11.0. The van der Waals surface area contributed by atoms with Crippen LogP contribution in [0.3, 0.4) is 0 Å². The van der Waals surface area contributed by atoms with Crippen LogP contribution in [0.5, 0.6) is 0 Å². The lowest BCUT2D eigenvalue weighted by Gasteiger charge is -1.99. The zero-order valence-electron chi connectivity index (χ0n) is 8.30. The molecule has 0 aromatic carbocycles. The molecular formula is C9H12N4OS. The van der Waals surface area contributed by atoms with Gasteiger partial charge in [-0.05, 0) is 24.1 Å². The van der Waals surface area contributed by atoms with Gasteiger partial charge in [-0.25, -0.2) is 10.2 Å². The molecule has 1 heterocycles. The van der Waals surface area contributed by atoms with Crippen molar-refractivity contribution in [2.75, 3.05) is 5.75 Å². The van der Waals surface area contributed by atoms with Gasteiger partial charge in [0, 0.05) is 11.9 Å². The molecule has 1 aromatic rings. The number of nitrogens with one attached hydrogen (secondary N) is 2. The Morgan fingerprint density at radius 1 is 1.67 bits per heavy atom. The number of urea groups is 1. The largest absolute Gasteiger partial charge is 0.345 e. The molecule has 0 saturated heterocycles. The van der Waals surface area contributed by atoms with E-state index < -0.39 is 0 Å². The van der Waals surface area contributed by atoms with Crippen LogP contribution in [0.25, 0.3) is 0 Å². The highest BCUT2D eigenvalue weighted by Crippen LogP contribution is 1.90. The maximum Gasteiger partial charge on any atom is 0.345 e. The minimum Gasteiger partial charge on any atom is -0.280 e. The molecule has 0 aliphatic carbocycles. The topological polar surface area (TPSA) is 66.4 Å². The number of aromatic nitrogens is 1. The fourth-order valence-electron chi connectivity index (χ4n) is 0.770. The summed E-state index contributed by atoms with van der Waals surface area (Å²) in [5.74, 6) is 0.817. The summed E-state index contributed by atoms with van der Waals surface area (Å²) < 4.78 is 2.55. The molecule has 5 nitrogen and oxygen atoms in total. The first-order chi connectivity index (χ1) is 7.33. The minimum absolute atomic E-state index is 0.339. The molecule has 0 saturated carbocycles. The van der Waals surface area contributed by atoms with Crippen molar-refractivity contribution in [2.45, 2.75) is 6.92 Å². The van der Waals surface area contributed by atoms with Crippen molar-refractivity contribution in [1.82, 2.24) is 15.1 Å². The van der Waals surface area contributed by atoms with Crippen LogP contribution in [-0.2, 0) is 0 Å². The van der Waals surface area contributed by atoms with E-state index in [0.717, 1.165) is 5.75 Å². The maximum absolute atomic E-state index is 11.0. The molecule has 0 fully saturated rings. The average Bonchev–Trinajstić information content (AvgIpc) is 2.28. The first-order valence-corrected chi connectivity index (χ1v) is 5.43. The van der Waals surface area contributed by atoms with Gasteiger partial charge in [0.05, 0.1) is 11.9 Å². The molecule has 0 unspecified atom stereocenters. The molecule has 6 heteroatoms. The quantitative estimate of drug-likeness (QED) is 0.461. The molecule has 15 heavy (non-hydrogen) atoms. The van der Waals surface area contributed by atoms with E-state index in [1.807, 2.05) is 19.1 Å². The zero-order valence-corrected chi connectivity index (χ0v) is 9.12. The monoisotopic (exact) mass is 224 g/mol. The van der Waals surface area contributed by atoms with E-state index in [2.05, 4.69) is 20.2 Å². The molecule has 0 aliphatic rings. The molecule has 0 spiro atoms. The van der Waals surface area contributed by atoms with Crippen molar-refractivity contribution in [1.29, 1.82) is 0 Å². The van der Waals surface area contributed by atoms with Gasteiger partial charge in [0.25, 0.3) is 0 Å². The lowest BCUT2D eigenvalue weighted by molar-refractivity contribution is 0.247. The van der Waals surface area contributed by atoms with Gasteiger partial charge >= 0.3 is 6.03 Å². The van der Waals surface area contributed by atoms with Gasteiger partial charge in [-0.3, -0.25) is 9.71 Å². The molecule has 2 amide bonds. The van der Waals surface area contributed by atoms with Crippen molar-refractivity contribution >= 4 is 24.2 Å². The summed E-state index contributed by atoms with van der Waals surface area (Å²) in [5.41, 5.74) is 3.02. The van der Waals surface area contributed by atoms with Crippen LogP contribution >= 0.6 is 11.9 Å². The SMILES string of the molecule is CCSNC(=O)N/N=C/c1ccccn1. The van der Waals surface area contributed by atoms with Crippen molar-refractivity contribution in [3.63, 3.8) is 0 Å². The van der Waals surface area contributed by atoms with Gasteiger partial charge in [0.2, 0.25) is 0 Å². The summed E-state index contributed by atoms with van der Waals surface area (Å²) in [6, 6.07) is 5.12. The van der Waals surface area contributed by atoms with Crippen molar-refractivity contribution in [2.24, 2.45) is 5.10 Å². The molecule has 0 atom stereocenters. The van der Waals surface area contributed by atoms with Crippen LogP contribution < -0.4 is 10.1 Å². The van der Waals surface area contributed by atoms with Crippen LogP contribution in [0.15, 0.2) is 29.5 Å². The third kappa shape index (κ3) is 5.02. The lowest BCUT2D eigenvalue weighted by atomic mass is 10.4. The van der Waals surface area contributed by atoms with Crippen LogP contribution in [0.2, 0.25) is 0 Å². The highest BCUT2D eigenvalue weighted by molar-refractivity contribution is 7.97. The van der Waals surface area contributed by atoms with Crippen molar-refractivity contribution < 1.29 is 4.79 Å². The van der Waals surface area contributed by atoms with Crippen molar-refractivity contribution in [3.05, 3.63) is 30.1 Å². The van der Waals surface area contributed by atoms with E-state index in [1.54, 1.807) is 12.3 Å². The van der Waals surface area contributed by atoms with Crippen LogP contribution in [-0.4, -0.2) is 23.0 Å². The summed E-state index contributed by atoms with van der Waals surface area (Å²) >= 11 is 1.31. The molecule has 0 radical (unpaired) electrons. The smallest absolute Gasteiger partial charge is 0.280 e. The Morgan fingerprint density at radius 2 is 2.53 bits per heavy atom. The number of hydrogen-bond acceptors (Lipinski definition) is 4. The Balaban J connectivity index is 2.31. The predicted octanol–water partition coefficient (Wildman–Crippen LogP) is 1.38. The first kappa shape index (κ1) is 11.5. The van der Waals surface area contributed by atoms with Gasteiger partial charge in [-0.1, -0.05) is 13.0 Å². The highest BCUT2D eigenvalue weighted by atomic mass is 32.2. The number of hydrogen-bond donors (Lipinski definition) is 2. The number of carbonyl (C=O) groups excluding carboxylic acids is 1. The summed E-state index contributed by atoms with van der Waals surface area (Å²) in [7, 11) is 0. The Hall–Kier alpha value is -1.56. The predicted molar refractivity (Wildman–Crippen MR) is 61.6 cm³/mol. The van der Waals surface area contributed by atoms with Crippen molar-refractivity contribution in [3.8, 4) is 0 Å². The van der Waals surface area contributed by atoms with Crippen LogP contribution in [0.1, 0.15) is 12.6 Å². The second kappa shape index (κ2) is 6.83. The Labute approximate surface area is 92.5 Å². The number of carbonyl (C=O) groups is 1. The van der Waals surface area contributed by atoms with Crippen LogP contribution in [0, 0.1) is 0 Å². The summed E-state index contributed by atoms with van der Waals surface area (Å²) in [6.07, 6.45) is 3.14. The molecular weight excluding hydrogens is 212 g/mol. The van der Waals surface area contributed by atoms with Gasteiger partial charge in [0.15, 0.2) is 0 Å². The third-order valence-corrected chi connectivity index (χ3v) is 1.98. The molecule has 1 aromatic heterocycles. The Kier molecular flexibility index (Phi) is 5.24. The minimum atomic E-state index is -0.339. The molecule has 2 N–H and O–H groups in total.